The van der Waals surface area contributed by atoms with Crippen LogP contribution in [0.25, 0.3) is 0 Å². The van der Waals surface area contributed by atoms with Crippen molar-refractivity contribution in [2.24, 2.45) is 5.73 Å². The van der Waals surface area contributed by atoms with Crippen molar-refractivity contribution in [3.63, 3.8) is 0 Å². The van der Waals surface area contributed by atoms with E-state index in [0.717, 1.165) is 0 Å². The van der Waals surface area contributed by atoms with Crippen molar-refractivity contribution in [2.45, 2.75) is 0 Å². The first-order valence-corrected chi connectivity index (χ1v) is 1.72. The molecule has 0 fully saturated rings. The van der Waals surface area contributed by atoms with Gasteiger partial charge in [-0.25, -0.2) is 4.39 Å². The summed E-state index contributed by atoms with van der Waals surface area (Å²) in [5.74, 6) is -0.775. The average molecular weight is 103 g/mol. The largest absolute Gasteiger partial charge is 0.366 e. The Balaban J connectivity index is 3.58. The lowest BCUT2D eigenvalue weighted by Crippen LogP contribution is -2.13. The molecule has 0 aromatic rings. The summed E-state index contributed by atoms with van der Waals surface area (Å²) in [5, 5.41) is 0. The molecular weight excluding hydrogens is 97.0 g/mol. The van der Waals surface area contributed by atoms with Crippen LogP contribution in [0.3, 0.4) is 0 Å². The molecule has 0 radical (unpaired) electrons. The van der Waals surface area contributed by atoms with Gasteiger partial charge in [-0.15, -0.1) is 0 Å². The van der Waals surface area contributed by atoms with Crippen molar-refractivity contribution in [3.8, 4) is 0 Å². The van der Waals surface area contributed by atoms with Crippen LogP contribution < -0.4 is 5.73 Å². The summed E-state index contributed by atoms with van der Waals surface area (Å²) in [6, 6.07) is 0. The maximum absolute atomic E-state index is 11.2. The molecule has 1 amide bonds. The molecule has 0 heterocycles. The summed E-state index contributed by atoms with van der Waals surface area (Å²) in [6.07, 6.45) is 0. The molecule has 0 aliphatic carbocycles. The van der Waals surface area contributed by atoms with Crippen molar-refractivity contribution in [1.82, 2.24) is 0 Å². The van der Waals surface area contributed by atoms with Gasteiger partial charge in [0.05, 0.1) is 0 Å². The zero-order chi connectivity index (χ0) is 5.86. The summed E-state index contributed by atoms with van der Waals surface area (Å²) < 4.78 is 11.2. The second-order valence-electron chi connectivity index (χ2n) is 1.10. The van der Waals surface area contributed by atoms with Gasteiger partial charge in [-0.3, -0.25) is 4.79 Å². The van der Waals surface area contributed by atoms with E-state index < -0.39 is 12.6 Å². The summed E-state index contributed by atoms with van der Waals surface area (Å²) in [4.78, 5) is 9.81. The maximum Gasteiger partial charge on any atom is 0.246 e. The number of hydrogen-bond donors (Lipinski definition) is 1. The minimum atomic E-state index is -0.852. The van der Waals surface area contributed by atoms with E-state index in [0.29, 0.717) is 0 Å². The Kier molecular flexibility index (Phi) is 2.05. The molecule has 0 aliphatic heterocycles. The maximum atomic E-state index is 11.2. The van der Waals surface area contributed by atoms with Crippen LogP contribution in [-0.4, -0.2) is 12.6 Å². The highest BCUT2D eigenvalue weighted by molar-refractivity contribution is 5.91. The molecule has 0 aromatic heterocycles. The molecule has 0 aliphatic rings. The lowest BCUT2D eigenvalue weighted by atomic mass is 10.3. The minimum absolute atomic E-state index is 0.181. The number of primary amides is 1. The summed E-state index contributed by atoms with van der Waals surface area (Å²) in [6.45, 7) is 2.17. The molecule has 0 bridgehead atoms. The van der Waals surface area contributed by atoms with Gasteiger partial charge in [0.1, 0.15) is 6.67 Å². The summed E-state index contributed by atoms with van der Waals surface area (Å²) in [7, 11) is 0. The van der Waals surface area contributed by atoms with Crippen LogP contribution in [0.5, 0.6) is 0 Å². The first-order valence-electron chi connectivity index (χ1n) is 1.72. The Labute approximate surface area is 40.8 Å². The third-order valence-corrected chi connectivity index (χ3v) is 0.510. The van der Waals surface area contributed by atoms with Crippen LogP contribution in [0.2, 0.25) is 0 Å². The smallest absolute Gasteiger partial charge is 0.246 e. The molecule has 0 rings (SSSR count). The standard InChI is InChI=1S/C4H6FNO/c1-3(2-5)4(6)7/h1-2H2,(H2,6,7). The molecule has 2 N–H and O–H groups in total. The van der Waals surface area contributed by atoms with E-state index in [1.165, 1.54) is 0 Å². The number of carbonyl (C=O) groups excluding carboxylic acids is 1. The van der Waals surface area contributed by atoms with Crippen LogP contribution >= 0.6 is 0 Å². The van der Waals surface area contributed by atoms with Gasteiger partial charge in [-0.05, 0) is 0 Å². The van der Waals surface area contributed by atoms with Gasteiger partial charge in [0.2, 0.25) is 5.91 Å². The van der Waals surface area contributed by atoms with Gasteiger partial charge < -0.3 is 5.73 Å². The number of halogens is 1. The van der Waals surface area contributed by atoms with Crippen LogP contribution in [0.4, 0.5) is 4.39 Å². The first-order chi connectivity index (χ1) is 3.18. The third-order valence-electron chi connectivity index (χ3n) is 0.510. The monoisotopic (exact) mass is 103 g/mol. The predicted octanol–water partition coefficient (Wildman–Crippen LogP) is -0.00260. The Morgan fingerprint density at radius 2 is 2.29 bits per heavy atom. The minimum Gasteiger partial charge on any atom is -0.366 e. The molecule has 0 unspecified atom stereocenters. The fraction of sp³-hybridized carbons (Fsp3) is 0.250. The fourth-order valence-corrected chi connectivity index (χ4v) is 0.0659. The molecule has 2 nitrogen and oxygen atoms in total. The van der Waals surface area contributed by atoms with Crippen LogP contribution in [0.15, 0.2) is 12.2 Å². The Morgan fingerprint density at radius 3 is 2.29 bits per heavy atom. The number of amides is 1. The molecule has 0 aromatic carbocycles. The first kappa shape index (κ1) is 6.14. The van der Waals surface area contributed by atoms with Crippen LogP contribution in [0.1, 0.15) is 0 Å². The quantitative estimate of drug-likeness (QED) is 0.491. The Morgan fingerprint density at radius 1 is 1.86 bits per heavy atom. The van der Waals surface area contributed by atoms with Crippen molar-refractivity contribution in [1.29, 1.82) is 0 Å². The highest BCUT2D eigenvalue weighted by Crippen LogP contribution is 1.85. The van der Waals surface area contributed by atoms with E-state index in [4.69, 9.17) is 0 Å². The lowest BCUT2D eigenvalue weighted by Gasteiger charge is -1.86. The van der Waals surface area contributed by atoms with Crippen molar-refractivity contribution >= 4 is 5.91 Å². The fourth-order valence-electron chi connectivity index (χ4n) is 0.0659. The number of alkyl halides is 1. The van der Waals surface area contributed by atoms with Crippen molar-refractivity contribution in [2.75, 3.05) is 6.67 Å². The molecule has 0 atom stereocenters. The summed E-state index contributed by atoms with van der Waals surface area (Å²) in [5.41, 5.74) is 4.39. The SMILES string of the molecule is C=C(CF)C(N)=O. The molecule has 7 heavy (non-hydrogen) atoms. The number of hydrogen-bond acceptors (Lipinski definition) is 1. The van der Waals surface area contributed by atoms with Crippen LogP contribution in [-0.2, 0) is 4.79 Å². The Bertz CT molecular complexity index is 99.9. The molecule has 0 spiro atoms. The van der Waals surface area contributed by atoms with E-state index in [1.807, 2.05) is 0 Å². The van der Waals surface area contributed by atoms with E-state index in [1.54, 1.807) is 0 Å². The second-order valence-corrected chi connectivity index (χ2v) is 1.10. The van der Waals surface area contributed by atoms with E-state index >= 15 is 0 Å². The predicted molar refractivity (Wildman–Crippen MR) is 24.3 cm³/mol. The topological polar surface area (TPSA) is 43.1 Å². The zero-order valence-electron chi connectivity index (χ0n) is 3.78. The molecule has 3 heteroatoms. The van der Waals surface area contributed by atoms with Gasteiger partial charge in [0, 0.05) is 5.57 Å². The van der Waals surface area contributed by atoms with Crippen molar-refractivity contribution < 1.29 is 9.18 Å². The average Bonchev–Trinajstić information content (AvgIpc) is 1.65. The molecular formula is C4H6FNO. The van der Waals surface area contributed by atoms with E-state index in [-0.39, 0.29) is 5.57 Å². The number of carbonyl (C=O) groups is 1. The highest BCUT2D eigenvalue weighted by atomic mass is 19.1. The van der Waals surface area contributed by atoms with Gasteiger partial charge in [0.15, 0.2) is 0 Å². The zero-order valence-corrected chi connectivity index (χ0v) is 3.78. The van der Waals surface area contributed by atoms with Gasteiger partial charge in [0.25, 0.3) is 0 Å². The second kappa shape index (κ2) is 2.34. The van der Waals surface area contributed by atoms with Gasteiger partial charge in [-0.1, -0.05) is 6.58 Å². The van der Waals surface area contributed by atoms with Gasteiger partial charge >= 0.3 is 0 Å². The van der Waals surface area contributed by atoms with E-state index in [9.17, 15) is 9.18 Å². The van der Waals surface area contributed by atoms with Gasteiger partial charge in [-0.2, -0.15) is 0 Å². The number of nitrogens with two attached hydrogens (primary N) is 1. The molecule has 0 saturated heterocycles. The van der Waals surface area contributed by atoms with Crippen molar-refractivity contribution in [3.05, 3.63) is 12.2 Å². The number of rotatable bonds is 2. The third kappa shape index (κ3) is 1.92. The normalized spacial score (nSPS) is 8.14. The Hall–Kier alpha value is -0.860. The lowest BCUT2D eigenvalue weighted by molar-refractivity contribution is -0.114. The van der Waals surface area contributed by atoms with Crippen LogP contribution in [0, 0.1) is 0 Å². The summed E-state index contributed by atoms with van der Waals surface area (Å²) >= 11 is 0. The molecule has 0 saturated carbocycles. The van der Waals surface area contributed by atoms with E-state index in [2.05, 4.69) is 12.3 Å². The highest BCUT2D eigenvalue weighted by Gasteiger charge is 1.96. The molecule has 40 valence electrons.